The van der Waals surface area contributed by atoms with Crippen molar-refractivity contribution in [2.24, 2.45) is 23.7 Å². The zero-order chi connectivity index (χ0) is 37.9. The minimum absolute atomic E-state index is 0. The van der Waals surface area contributed by atoms with Crippen LogP contribution in [-0.4, -0.2) is 6.88 Å². The Morgan fingerprint density at radius 1 is 0.614 bits per heavy atom. The maximum atomic E-state index is 2.85. The molecule has 0 saturated heterocycles. The molecule has 4 aromatic carbocycles. The van der Waals surface area contributed by atoms with Crippen molar-refractivity contribution in [3.05, 3.63) is 129 Å². The molecular weight excluding hydrogens is 827 g/mol. The summed E-state index contributed by atoms with van der Waals surface area (Å²) in [5.74, 6) is 3.66. The van der Waals surface area contributed by atoms with Crippen LogP contribution in [0.5, 0.6) is 0 Å². The fraction of sp³-hybridized carbons (Fsp3) is 0.472. The van der Waals surface area contributed by atoms with Crippen LogP contribution in [0.25, 0.3) is 34.4 Å². The van der Waals surface area contributed by atoms with E-state index in [1.807, 2.05) is 0 Å². The molecule has 7 aliphatic rings. The number of hydrogen-bond acceptors (Lipinski definition) is 0. The molecular formula is C53H66Cl2SiZr. The Morgan fingerprint density at radius 2 is 1.11 bits per heavy atom. The molecule has 2 atom stereocenters. The summed E-state index contributed by atoms with van der Waals surface area (Å²) < 4.78 is 6.81. The van der Waals surface area contributed by atoms with Crippen molar-refractivity contribution < 1.29 is 17.4 Å². The smallest absolute Gasteiger partial charge is 0.147 e. The molecule has 0 N–H and O–H groups in total. The molecule has 4 bridgehead atoms. The van der Waals surface area contributed by atoms with Crippen molar-refractivity contribution >= 4 is 43.8 Å². The Balaban J connectivity index is 0.00000228. The normalized spacial score (nSPS) is 27.9. The maximum absolute atomic E-state index is 3.74. The molecule has 5 saturated carbocycles. The Kier molecular flexibility index (Phi) is 10.9. The molecule has 0 aliphatic heterocycles. The molecule has 0 heterocycles. The molecule has 0 amide bonds. The van der Waals surface area contributed by atoms with Gasteiger partial charge in [0.25, 0.3) is 0 Å². The largest absolute Gasteiger partial charge is 0.147 e. The van der Waals surface area contributed by atoms with Gasteiger partial charge in [-0.25, -0.2) is 0 Å². The summed E-state index contributed by atoms with van der Waals surface area (Å²) in [7, 11) is 0. The van der Waals surface area contributed by atoms with Crippen molar-refractivity contribution in [2.45, 2.75) is 126 Å². The summed E-state index contributed by atoms with van der Waals surface area (Å²) >= 11 is -3.74. The van der Waals surface area contributed by atoms with Crippen LogP contribution >= 0.6 is 24.8 Å². The van der Waals surface area contributed by atoms with Crippen LogP contribution < -0.4 is 0 Å². The van der Waals surface area contributed by atoms with Crippen LogP contribution in [0.4, 0.5) is 0 Å². The average molecular weight is 893 g/mol. The molecule has 2 unspecified atom stereocenters. The predicted molar refractivity (Wildman–Crippen MR) is 251 cm³/mol. The quantitative estimate of drug-likeness (QED) is 0.169. The van der Waals surface area contributed by atoms with E-state index in [0.29, 0.717) is 18.6 Å². The summed E-state index contributed by atoms with van der Waals surface area (Å²) in [6.07, 6.45) is 21.1. The van der Waals surface area contributed by atoms with E-state index in [1.165, 1.54) is 110 Å². The standard InChI is InChI=1S/C26H27.C25H29.2CH3.2ClH.H2Si.Zr/c1-17-9-22-3-2-4-24(25(22)10-17)21-5-7-23(8-6-21)26-14-18-11-19(15-26)13-20(12-18)16-26;1-25(2,3)22-14-12-19(13-15-22)23-11-7-10-20-16-21(17-24(20)23)18-8-5-4-6-9-18;;;;;;/h2-10,18-20H,11-16H2,1H3;7,10-18H,4-6,8-9H2,1-3H3;2*1H3;2*1H;1H2;. The predicted octanol–water partition coefficient (Wildman–Crippen LogP) is 15.1. The molecule has 4 aromatic rings. The van der Waals surface area contributed by atoms with E-state index >= 15 is 0 Å². The minimum atomic E-state index is -3.74. The third-order valence-corrected chi connectivity index (χ3v) is 33.9. The second-order valence-corrected chi connectivity index (χ2v) is 52.4. The Bertz CT molecular complexity index is 2270. The van der Waals surface area contributed by atoms with Gasteiger partial charge < -0.3 is 0 Å². The number of hydrogen-bond donors (Lipinski definition) is 0. The van der Waals surface area contributed by atoms with Gasteiger partial charge in [-0.3, -0.25) is 0 Å². The van der Waals surface area contributed by atoms with Crippen LogP contribution in [0.2, 0.25) is 9.26 Å². The molecule has 0 aromatic heterocycles. The molecule has 7 aliphatic carbocycles. The molecule has 11 rings (SSSR count). The Morgan fingerprint density at radius 3 is 1.63 bits per heavy atom. The van der Waals surface area contributed by atoms with E-state index in [9.17, 15) is 0 Å². The van der Waals surface area contributed by atoms with Gasteiger partial charge in [0.2, 0.25) is 0 Å². The van der Waals surface area contributed by atoms with E-state index in [0.717, 1.165) is 17.8 Å². The van der Waals surface area contributed by atoms with Crippen LogP contribution in [0, 0.1) is 23.7 Å². The summed E-state index contributed by atoms with van der Waals surface area (Å²) in [4.78, 5) is 0. The van der Waals surface area contributed by atoms with Crippen molar-refractivity contribution in [3.8, 4) is 22.3 Å². The third kappa shape index (κ3) is 6.96. The fourth-order valence-corrected chi connectivity index (χ4v) is 34.7. The molecule has 0 nitrogen and oxygen atoms in total. The summed E-state index contributed by atoms with van der Waals surface area (Å²) in [5, 5.41) is 0. The first kappa shape index (κ1) is 41.8. The van der Waals surface area contributed by atoms with Gasteiger partial charge in [0.15, 0.2) is 0 Å². The average Bonchev–Trinajstić information content (AvgIpc) is 3.74. The van der Waals surface area contributed by atoms with Crippen LogP contribution in [-0.2, 0) is 28.2 Å². The summed E-state index contributed by atoms with van der Waals surface area (Å²) in [6, 6.07) is 34.4. The maximum Gasteiger partial charge on any atom is -0.147 e. The van der Waals surface area contributed by atoms with E-state index < -0.39 is 17.4 Å². The van der Waals surface area contributed by atoms with Gasteiger partial charge in [-0.2, -0.15) is 0 Å². The van der Waals surface area contributed by atoms with Crippen molar-refractivity contribution in [2.75, 3.05) is 0 Å². The molecule has 57 heavy (non-hydrogen) atoms. The second-order valence-electron chi connectivity index (χ2n) is 21.9. The first-order valence-corrected chi connectivity index (χ1v) is 35.9. The first-order chi connectivity index (χ1) is 26.3. The number of allylic oxidation sites excluding steroid dienone is 2. The molecule has 0 spiro atoms. The molecule has 4 heteroatoms. The van der Waals surface area contributed by atoms with Crippen molar-refractivity contribution in [1.29, 1.82) is 0 Å². The number of fused-ring (bicyclic) bond motifs is 2. The van der Waals surface area contributed by atoms with Gasteiger partial charge in [-0.15, -0.1) is 24.8 Å². The van der Waals surface area contributed by atoms with Gasteiger partial charge in [-0.1, -0.05) is 0 Å². The van der Waals surface area contributed by atoms with Crippen LogP contribution in [0.1, 0.15) is 139 Å². The molecule has 5 fully saturated rings. The topological polar surface area (TPSA) is 0 Å². The van der Waals surface area contributed by atoms with Gasteiger partial charge >= 0.3 is 337 Å². The zero-order valence-electron chi connectivity index (χ0n) is 35.5. The SMILES string of the molecule is CC1=Cc2c(-c3ccc(C45CC6CC(CC(C6)C4)C5)cc3)cccc2[CH]1[Zr]([CH3])([CH3])(=[SiH2])[CH]1C(C2CCCCC2)=Cc2c(-c3ccc(C(C)(C)C)cc3)cccc21.Cl.Cl. The zero-order valence-corrected chi connectivity index (χ0v) is 41.0. The van der Waals surface area contributed by atoms with Gasteiger partial charge in [0.1, 0.15) is 0 Å². The van der Waals surface area contributed by atoms with Crippen molar-refractivity contribution in [3.63, 3.8) is 0 Å². The first-order valence-electron chi connectivity index (χ1n) is 22.2. The van der Waals surface area contributed by atoms with E-state index in [1.54, 1.807) is 27.8 Å². The van der Waals surface area contributed by atoms with Gasteiger partial charge in [0.05, 0.1) is 0 Å². The van der Waals surface area contributed by atoms with Gasteiger partial charge in [-0.05, 0) is 0 Å². The van der Waals surface area contributed by atoms with E-state index in [-0.39, 0.29) is 30.2 Å². The molecule has 0 radical (unpaired) electrons. The van der Waals surface area contributed by atoms with Gasteiger partial charge in [0, 0.05) is 0 Å². The summed E-state index contributed by atoms with van der Waals surface area (Å²) in [6.45, 7) is 12.0. The number of benzene rings is 4. The Labute approximate surface area is 359 Å². The second kappa shape index (κ2) is 14.9. The van der Waals surface area contributed by atoms with Crippen molar-refractivity contribution in [1.82, 2.24) is 0 Å². The minimum Gasteiger partial charge on any atom is -0.147 e. The van der Waals surface area contributed by atoms with E-state index in [2.05, 4.69) is 141 Å². The van der Waals surface area contributed by atoms with Crippen LogP contribution in [0.15, 0.2) is 96.1 Å². The monoisotopic (exact) mass is 890 g/mol. The number of rotatable bonds is 6. The van der Waals surface area contributed by atoms with E-state index in [4.69, 9.17) is 0 Å². The number of halogens is 2. The Hall–Kier alpha value is -1.96. The molecule has 300 valence electrons. The third-order valence-electron chi connectivity index (χ3n) is 16.3. The van der Waals surface area contributed by atoms with Crippen LogP contribution in [0.3, 0.4) is 0 Å². The fourth-order valence-electron chi connectivity index (χ4n) is 14.4. The summed E-state index contributed by atoms with van der Waals surface area (Å²) in [5.41, 5.74) is 19.0.